The van der Waals surface area contributed by atoms with Gasteiger partial charge in [0, 0.05) is 0 Å². The van der Waals surface area contributed by atoms with E-state index < -0.39 is 0 Å². The molecule has 0 saturated heterocycles. The lowest BCUT2D eigenvalue weighted by Gasteiger charge is -2.07. The van der Waals surface area contributed by atoms with Gasteiger partial charge in [-0.3, -0.25) is 0 Å². The molecule has 1 aromatic carbocycles. The van der Waals surface area contributed by atoms with Gasteiger partial charge >= 0.3 is 0 Å². The van der Waals surface area contributed by atoms with Crippen LogP contribution in [0, 0.1) is 19.8 Å². The second kappa shape index (κ2) is 3.28. The maximum absolute atomic E-state index is 9.63. The molecule has 2 unspecified atom stereocenters. The monoisotopic (exact) mass is 191 g/mol. The molecule has 2 atom stereocenters. The Morgan fingerprint density at radius 2 is 1.93 bits per heavy atom. The highest BCUT2D eigenvalue weighted by atomic mass is 16.3. The standard InChI is InChI=1S/C12H17NO/c1-7-3-9(4-8(2)12(7)14)11-5-10(11)6-13/h3-4,10-11,14H,5-6,13H2,1-2H3. The average molecular weight is 191 g/mol. The summed E-state index contributed by atoms with van der Waals surface area (Å²) in [5, 5.41) is 9.63. The first-order chi connectivity index (χ1) is 6.63. The van der Waals surface area contributed by atoms with Gasteiger partial charge in [-0.25, -0.2) is 0 Å². The number of aromatic hydroxyl groups is 1. The van der Waals surface area contributed by atoms with Crippen molar-refractivity contribution in [3.63, 3.8) is 0 Å². The van der Waals surface area contributed by atoms with Crippen LogP contribution in [0.15, 0.2) is 12.1 Å². The minimum Gasteiger partial charge on any atom is -0.507 e. The molecule has 3 N–H and O–H groups in total. The lowest BCUT2D eigenvalue weighted by Crippen LogP contribution is -2.02. The summed E-state index contributed by atoms with van der Waals surface area (Å²) in [4.78, 5) is 0. The fourth-order valence-electron chi connectivity index (χ4n) is 2.12. The van der Waals surface area contributed by atoms with Gasteiger partial charge < -0.3 is 10.8 Å². The van der Waals surface area contributed by atoms with Crippen molar-refractivity contribution in [2.45, 2.75) is 26.2 Å². The fraction of sp³-hybridized carbons (Fsp3) is 0.500. The molecule has 0 amide bonds. The Morgan fingerprint density at radius 1 is 1.36 bits per heavy atom. The molecule has 1 aliphatic rings. The average Bonchev–Trinajstić information content (AvgIpc) is 2.92. The summed E-state index contributed by atoms with van der Waals surface area (Å²) in [6.45, 7) is 4.68. The van der Waals surface area contributed by atoms with Gasteiger partial charge in [0.2, 0.25) is 0 Å². The van der Waals surface area contributed by atoms with Gasteiger partial charge in [0.25, 0.3) is 0 Å². The lowest BCUT2D eigenvalue weighted by atomic mass is 10.0. The zero-order chi connectivity index (χ0) is 10.3. The molecule has 0 aliphatic heterocycles. The van der Waals surface area contributed by atoms with E-state index >= 15 is 0 Å². The van der Waals surface area contributed by atoms with Crippen molar-refractivity contribution in [3.05, 3.63) is 28.8 Å². The maximum atomic E-state index is 9.63. The first-order valence-corrected chi connectivity index (χ1v) is 5.13. The smallest absolute Gasteiger partial charge is 0.121 e. The Hall–Kier alpha value is -1.02. The van der Waals surface area contributed by atoms with Gasteiger partial charge in [-0.15, -0.1) is 0 Å². The molecular formula is C12H17NO. The molecule has 0 aromatic heterocycles. The summed E-state index contributed by atoms with van der Waals surface area (Å²) in [6, 6.07) is 4.17. The van der Waals surface area contributed by atoms with Crippen molar-refractivity contribution in [1.29, 1.82) is 0 Å². The highest BCUT2D eigenvalue weighted by molar-refractivity contribution is 5.44. The fourth-order valence-corrected chi connectivity index (χ4v) is 2.12. The second-order valence-corrected chi connectivity index (χ2v) is 4.34. The summed E-state index contributed by atoms with van der Waals surface area (Å²) in [5.41, 5.74) is 8.91. The van der Waals surface area contributed by atoms with Crippen LogP contribution in [0.2, 0.25) is 0 Å². The van der Waals surface area contributed by atoms with Crippen molar-refractivity contribution in [2.24, 2.45) is 11.7 Å². The van der Waals surface area contributed by atoms with E-state index in [2.05, 4.69) is 12.1 Å². The Bertz CT molecular complexity index is 336. The Labute approximate surface area is 84.7 Å². The van der Waals surface area contributed by atoms with Crippen LogP contribution in [-0.2, 0) is 0 Å². The minimum atomic E-state index is 0.429. The van der Waals surface area contributed by atoms with Gasteiger partial charge in [0.05, 0.1) is 0 Å². The SMILES string of the molecule is Cc1cc(C2CC2CN)cc(C)c1O. The van der Waals surface area contributed by atoms with Crippen molar-refractivity contribution >= 4 is 0 Å². The topological polar surface area (TPSA) is 46.2 Å². The molecule has 1 aromatic rings. The van der Waals surface area contributed by atoms with Crippen molar-refractivity contribution in [3.8, 4) is 5.75 Å². The summed E-state index contributed by atoms with van der Waals surface area (Å²) in [7, 11) is 0. The molecule has 76 valence electrons. The van der Waals surface area contributed by atoms with Crippen LogP contribution in [-0.4, -0.2) is 11.7 Å². The molecule has 0 spiro atoms. The van der Waals surface area contributed by atoms with Crippen molar-refractivity contribution in [2.75, 3.05) is 6.54 Å². The number of rotatable bonds is 2. The van der Waals surface area contributed by atoms with E-state index in [1.807, 2.05) is 13.8 Å². The van der Waals surface area contributed by atoms with Crippen LogP contribution in [0.25, 0.3) is 0 Å². The Kier molecular flexibility index (Phi) is 2.23. The molecule has 14 heavy (non-hydrogen) atoms. The van der Waals surface area contributed by atoms with E-state index in [4.69, 9.17) is 5.73 Å². The van der Waals surface area contributed by atoms with E-state index in [0.29, 0.717) is 17.6 Å². The highest BCUT2D eigenvalue weighted by Gasteiger charge is 2.37. The van der Waals surface area contributed by atoms with Gasteiger partial charge in [-0.05, 0) is 55.3 Å². The molecule has 0 radical (unpaired) electrons. The third kappa shape index (κ3) is 1.50. The van der Waals surface area contributed by atoms with Gasteiger partial charge in [0.15, 0.2) is 0 Å². The van der Waals surface area contributed by atoms with Gasteiger partial charge in [0.1, 0.15) is 5.75 Å². The molecule has 2 heteroatoms. The van der Waals surface area contributed by atoms with Crippen LogP contribution >= 0.6 is 0 Å². The molecular weight excluding hydrogens is 174 g/mol. The Balaban J connectivity index is 2.28. The number of aryl methyl sites for hydroxylation is 2. The van der Waals surface area contributed by atoms with E-state index in [-0.39, 0.29) is 0 Å². The van der Waals surface area contributed by atoms with Crippen LogP contribution in [0.4, 0.5) is 0 Å². The number of phenols is 1. The quantitative estimate of drug-likeness (QED) is 0.751. The normalized spacial score (nSPS) is 25.1. The number of phenolic OH excluding ortho intramolecular Hbond substituents is 1. The predicted molar refractivity (Wildman–Crippen MR) is 57.5 cm³/mol. The maximum Gasteiger partial charge on any atom is 0.121 e. The van der Waals surface area contributed by atoms with E-state index in [1.165, 1.54) is 12.0 Å². The molecule has 0 bridgehead atoms. The summed E-state index contributed by atoms with van der Waals surface area (Å²) in [6.07, 6.45) is 1.21. The first-order valence-electron chi connectivity index (χ1n) is 5.13. The number of hydrogen-bond donors (Lipinski definition) is 2. The predicted octanol–water partition coefficient (Wildman–Crippen LogP) is 2.07. The second-order valence-electron chi connectivity index (χ2n) is 4.34. The first kappa shape index (κ1) is 9.53. The zero-order valence-corrected chi connectivity index (χ0v) is 8.75. The van der Waals surface area contributed by atoms with Crippen LogP contribution < -0.4 is 5.73 Å². The highest BCUT2D eigenvalue weighted by Crippen LogP contribution is 2.47. The zero-order valence-electron chi connectivity index (χ0n) is 8.75. The molecule has 1 aliphatic carbocycles. The van der Waals surface area contributed by atoms with E-state index in [9.17, 15) is 5.11 Å². The van der Waals surface area contributed by atoms with Crippen LogP contribution in [0.5, 0.6) is 5.75 Å². The molecule has 2 nitrogen and oxygen atoms in total. The third-order valence-electron chi connectivity index (χ3n) is 3.17. The van der Waals surface area contributed by atoms with Crippen LogP contribution in [0.1, 0.15) is 29.0 Å². The summed E-state index contributed by atoms with van der Waals surface area (Å²) >= 11 is 0. The molecule has 2 rings (SSSR count). The molecule has 1 saturated carbocycles. The Morgan fingerprint density at radius 3 is 2.36 bits per heavy atom. The number of benzene rings is 1. The lowest BCUT2D eigenvalue weighted by molar-refractivity contribution is 0.466. The minimum absolute atomic E-state index is 0.429. The molecule has 0 heterocycles. The van der Waals surface area contributed by atoms with Crippen molar-refractivity contribution in [1.82, 2.24) is 0 Å². The number of hydrogen-bond acceptors (Lipinski definition) is 2. The molecule has 1 fully saturated rings. The van der Waals surface area contributed by atoms with E-state index in [1.54, 1.807) is 0 Å². The largest absolute Gasteiger partial charge is 0.507 e. The van der Waals surface area contributed by atoms with Crippen molar-refractivity contribution < 1.29 is 5.11 Å². The van der Waals surface area contributed by atoms with E-state index in [0.717, 1.165) is 17.7 Å². The van der Waals surface area contributed by atoms with Gasteiger partial charge in [-0.2, -0.15) is 0 Å². The van der Waals surface area contributed by atoms with Gasteiger partial charge in [-0.1, -0.05) is 12.1 Å². The van der Waals surface area contributed by atoms with Crippen LogP contribution in [0.3, 0.4) is 0 Å². The summed E-state index contributed by atoms with van der Waals surface area (Å²) in [5.74, 6) is 1.73. The number of nitrogens with two attached hydrogens (primary N) is 1. The summed E-state index contributed by atoms with van der Waals surface area (Å²) < 4.78 is 0. The third-order valence-corrected chi connectivity index (χ3v) is 3.17.